The maximum atomic E-state index is 13.2. The molecule has 2 nitrogen and oxygen atoms in total. The van der Waals surface area contributed by atoms with E-state index < -0.39 is 0 Å². The fourth-order valence-electron chi connectivity index (χ4n) is 2.02. The first-order valence-electron chi connectivity index (χ1n) is 6.58. The highest BCUT2D eigenvalue weighted by Crippen LogP contribution is 2.16. The molecule has 0 spiro atoms. The summed E-state index contributed by atoms with van der Waals surface area (Å²) in [5.74, 6) is -0.335. The summed E-state index contributed by atoms with van der Waals surface area (Å²) in [6.07, 6.45) is 0. The van der Waals surface area contributed by atoms with Crippen molar-refractivity contribution in [2.75, 3.05) is 11.9 Å². The van der Waals surface area contributed by atoms with E-state index in [1.165, 1.54) is 12.1 Å². The molecule has 2 aromatic rings. The van der Waals surface area contributed by atoms with Crippen LogP contribution in [0.3, 0.4) is 0 Å². The van der Waals surface area contributed by atoms with Gasteiger partial charge < -0.3 is 5.32 Å². The van der Waals surface area contributed by atoms with Gasteiger partial charge in [-0.1, -0.05) is 12.1 Å². The Morgan fingerprint density at radius 2 is 1.80 bits per heavy atom. The van der Waals surface area contributed by atoms with Gasteiger partial charge in [0.25, 0.3) is 0 Å². The van der Waals surface area contributed by atoms with Crippen molar-refractivity contribution in [1.82, 2.24) is 0 Å². The quantitative estimate of drug-likeness (QED) is 0.850. The molecule has 0 radical (unpaired) electrons. The first-order chi connectivity index (χ1) is 9.47. The Balaban J connectivity index is 2.08. The summed E-state index contributed by atoms with van der Waals surface area (Å²) in [4.78, 5) is 12.1. The third-order valence-corrected chi connectivity index (χ3v) is 3.31. The second-order valence-electron chi connectivity index (χ2n) is 5.06. The van der Waals surface area contributed by atoms with Crippen molar-refractivity contribution in [3.8, 4) is 0 Å². The van der Waals surface area contributed by atoms with Crippen LogP contribution in [0.4, 0.5) is 10.1 Å². The predicted octanol–water partition coefficient (Wildman–Crippen LogP) is 4.05. The molecule has 2 rings (SSSR count). The molecule has 0 aliphatic rings. The van der Waals surface area contributed by atoms with E-state index in [-0.39, 0.29) is 18.1 Å². The number of hydrogen-bond acceptors (Lipinski definition) is 2. The second kappa shape index (κ2) is 5.87. The molecule has 1 N–H and O–H groups in total. The van der Waals surface area contributed by atoms with Gasteiger partial charge in [-0.3, -0.25) is 4.79 Å². The number of rotatable bonds is 4. The van der Waals surface area contributed by atoms with Gasteiger partial charge in [0.2, 0.25) is 0 Å². The van der Waals surface area contributed by atoms with Crippen LogP contribution in [-0.4, -0.2) is 12.3 Å². The number of hydrogen-bond donors (Lipinski definition) is 1. The highest BCUT2D eigenvalue weighted by atomic mass is 19.1. The lowest BCUT2D eigenvalue weighted by Crippen LogP contribution is -2.15. The number of nitrogens with one attached hydrogen (secondary N) is 1. The van der Waals surface area contributed by atoms with Gasteiger partial charge in [-0.2, -0.15) is 0 Å². The average Bonchev–Trinajstić information content (AvgIpc) is 2.42. The Hall–Kier alpha value is -2.16. The summed E-state index contributed by atoms with van der Waals surface area (Å²) >= 11 is 0. The first-order valence-corrected chi connectivity index (χ1v) is 6.58. The molecule has 104 valence electrons. The molecule has 0 saturated heterocycles. The van der Waals surface area contributed by atoms with Crippen molar-refractivity contribution >= 4 is 11.5 Å². The van der Waals surface area contributed by atoms with E-state index in [0.29, 0.717) is 11.1 Å². The number of Topliss-reactive ketones (excluding diaryl/α,β-unsaturated/α-hetero) is 1. The van der Waals surface area contributed by atoms with Gasteiger partial charge in [0.1, 0.15) is 5.82 Å². The minimum Gasteiger partial charge on any atom is -0.377 e. The molecule has 0 amide bonds. The zero-order chi connectivity index (χ0) is 14.7. The van der Waals surface area contributed by atoms with Crippen molar-refractivity contribution in [2.45, 2.75) is 20.8 Å². The zero-order valence-electron chi connectivity index (χ0n) is 12.0. The van der Waals surface area contributed by atoms with Gasteiger partial charge in [0, 0.05) is 11.3 Å². The lowest BCUT2D eigenvalue weighted by Gasteiger charge is -2.10. The molecular weight excluding hydrogens is 253 g/mol. The maximum Gasteiger partial charge on any atom is 0.181 e. The molecule has 0 unspecified atom stereocenters. The highest BCUT2D eigenvalue weighted by Gasteiger charge is 2.08. The normalized spacial score (nSPS) is 10.4. The van der Waals surface area contributed by atoms with Gasteiger partial charge in [-0.25, -0.2) is 4.39 Å². The third kappa shape index (κ3) is 3.23. The molecule has 20 heavy (non-hydrogen) atoms. The molecule has 0 aliphatic carbocycles. The molecule has 0 saturated carbocycles. The molecule has 0 aliphatic heterocycles. The number of carbonyl (C=O) groups excluding carboxylic acids is 1. The van der Waals surface area contributed by atoms with E-state index in [2.05, 4.69) is 5.32 Å². The third-order valence-electron chi connectivity index (χ3n) is 3.31. The van der Waals surface area contributed by atoms with E-state index in [0.717, 1.165) is 16.8 Å². The lowest BCUT2D eigenvalue weighted by atomic mass is 10.1. The summed E-state index contributed by atoms with van der Waals surface area (Å²) < 4.78 is 13.2. The van der Waals surface area contributed by atoms with Crippen molar-refractivity contribution in [3.05, 3.63) is 64.5 Å². The largest absolute Gasteiger partial charge is 0.377 e. The molecule has 0 fully saturated rings. The fourth-order valence-corrected chi connectivity index (χ4v) is 2.02. The van der Waals surface area contributed by atoms with Crippen LogP contribution >= 0.6 is 0 Å². The van der Waals surface area contributed by atoms with E-state index in [1.807, 2.05) is 32.0 Å². The zero-order valence-corrected chi connectivity index (χ0v) is 12.0. The van der Waals surface area contributed by atoms with E-state index in [9.17, 15) is 9.18 Å². The molecule has 0 heterocycles. The summed E-state index contributed by atoms with van der Waals surface area (Å²) in [7, 11) is 0. The van der Waals surface area contributed by atoms with Crippen molar-refractivity contribution in [2.24, 2.45) is 0 Å². The molecule has 0 bridgehead atoms. The summed E-state index contributed by atoms with van der Waals surface area (Å²) in [5, 5.41) is 3.14. The van der Waals surface area contributed by atoms with Crippen LogP contribution in [0.1, 0.15) is 27.0 Å². The number of anilines is 1. The SMILES string of the molecule is Cc1ccc(C)c(NCC(=O)c2ccc(F)c(C)c2)c1. The Bertz CT molecular complexity index is 649. The fraction of sp³-hybridized carbons (Fsp3) is 0.235. The standard InChI is InChI=1S/C17H18FNO/c1-11-4-5-12(2)16(8-11)19-10-17(20)14-6-7-15(18)13(3)9-14/h4-9,19H,10H2,1-3H3. The number of ketones is 1. The van der Waals surface area contributed by atoms with Crippen molar-refractivity contribution in [3.63, 3.8) is 0 Å². The lowest BCUT2D eigenvalue weighted by molar-refractivity contribution is 0.101. The number of carbonyl (C=O) groups is 1. The molecule has 0 aromatic heterocycles. The van der Waals surface area contributed by atoms with Crippen LogP contribution in [0.15, 0.2) is 36.4 Å². The summed E-state index contributed by atoms with van der Waals surface area (Å²) in [5.41, 5.74) is 4.21. The van der Waals surface area contributed by atoms with Gasteiger partial charge >= 0.3 is 0 Å². The minimum atomic E-state index is -0.288. The van der Waals surface area contributed by atoms with E-state index in [4.69, 9.17) is 0 Å². The molecule has 3 heteroatoms. The van der Waals surface area contributed by atoms with Gasteiger partial charge in [-0.15, -0.1) is 0 Å². The molecular formula is C17H18FNO. The second-order valence-corrected chi connectivity index (χ2v) is 5.06. The van der Waals surface area contributed by atoms with Gasteiger partial charge in [0.05, 0.1) is 6.54 Å². The maximum absolute atomic E-state index is 13.2. The van der Waals surface area contributed by atoms with Crippen LogP contribution in [0, 0.1) is 26.6 Å². The number of benzene rings is 2. The predicted molar refractivity (Wildman–Crippen MR) is 79.9 cm³/mol. The first kappa shape index (κ1) is 14.3. The smallest absolute Gasteiger partial charge is 0.181 e. The summed E-state index contributed by atoms with van der Waals surface area (Å²) in [6.45, 7) is 5.86. The van der Waals surface area contributed by atoms with E-state index >= 15 is 0 Å². The van der Waals surface area contributed by atoms with Crippen molar-refractivity contribution in [1.29, 1.82) is 0 Å². The van der Waals surface area contributed by atoms with Gasteiger partial charge in [0.15, 0.2) is 5.78 Å². The Morgan fingerprint density at radius 3 is 2.50 bits per heavy atom. The molecule has 0 atom stereocenters. The number of halogens is 1. The van der Waals surface area contributed by atoms with Gasteiger partial charge in [-0.05, 0) is 61.7 Å². The van der Waals surface area contributed by atoms with Crippen molar-refractivity contribution < 1.29 is 9.18 Å². The van der Waals surface area contributed by atoms with Crippen LogP contribution in [0.2, 0.25) is 0 Å². The topological polar surface area (TPSA) is 29.1 Å². The number of aryl methyl sites for hydroxylation is 3. The van der Waals surface area contributed by atoms with Crippen LogP contribution in [0.5, 0.6) is 0 Å². The Kier molecular flexibility index (Phi) is 4.18. The van der Waals surface area contributed by atoms with Crippen LogP contribution in [-0.2, 0) is 0 Å². The monoisotopic (exact) mass is 271 g/mol. The highest BCUT2D eigenvalue weighted by molar-refractivity contribution is 5.99. The minimum absolute atomic E-state index is 0.0472. The average molecular weight is 271 g/mol. The Labute approximate surface area is 118 Å². The van der Waals surface area contributed by atoms with Crippen LogP contribution in [0.25, 0.3) is 0 Å². The Morgan fingerprint density at radius 1 is 1.05 bits per heavy atom. The molecule has 2 aromatic carbocycles. The summed E-state index contributed by atoms with van der Waals surface area (Å²) in [6, 6.07) is 10.5. The van der Waals surface area contributed by atoms with E-state index in [1.54, 1.807) is 13.0 Å². The van der Waals surface area contributed by atoms with Crippen LogP contribution < -0.4 is 5.32 Å².